The van der Waals surface area contributed by atoms with E-state index in [0.29, 0.717) is 18.4 Å². The molecule has 16 heavy (non-hydrogen) atoms. The van der Waals surface area contributed by atoms with E-state index in [1.54, 1.807) is 0 Å². The summed E-state index contributed by atoms with van der Waals surface area (Å²) < 4.78 is 26.4. The molecule has 0 N–H and O–H groups in total. The second-order valence-corrected chi connectivity index (χ2v) is 4.07. The Morgan fingerprint density at radius 1 is 1.25 bits per heavy atom. The van der Waals surface area contributed by atoms with E-state index in [-0.39, 0.29) is 0 Å². The van der Waals surface area contributed by atoms with Crippen LogP contribution in [0.2, 0.25) is 0 Å². The van der Waals surface area contributed by atoms with Gasteiger partial charge in [-0.15, -0.1) is 0 Å². The Balaban J connectivity index is 2.51. The van der Waals surface area contributed by atoms with Crippen LogP contribution in [0.5, 0.6) is 0 Å². The molecular formula is C12H11F2NO. The van der Waals surface area contributed by atoms with Crippen LogP contribution in [0.4, 0.5) is 8.78 Å². The minimum absolute atomic E-state index is 0.301. The lowest BCUT2D eigenvalue weighted by Gasteiger charge is -2.23. The average Bonchev–Trinajstić information content (AvgIpc) is 2.67. The number of isocyanates is 1. The smallest absolute Gasteiger partial charge is 0.211 e. The lowest BCUT2D eigenvalue weighted by atomic mass is 9.88. The predicted molar refractivity (Wildman–Crippen MR) is 54.6 cm³/mol. The molecule has 0 atom stereocenters. The molecule has 2 rings (SSSR count). The number of hydrogen-bond acceptors (Lipinski definition) is 2. The summed E-state index contributed by atoms with van der Waals surface area (Å²) in [4.78, 5) is 14.2. The predicted octanol–water partition coefficient (Wildman–Crippen LogP) is 3.07. The first-order chi connectivity index (χ1) is 7.68. The second kappa shape index (κ2) is 4.14. The van der Waals surface area contributed by atoms with Gasteiger partial charge >= 0.3 is 0 Å². The van der Waals surface area contributed by atoms with Gasteiger partial charge in [-0.1, -0.05) is 18.9 Å². The van der Waals surface area contributed by atoms with Crippen LogP contribution in [0.15, 0.2) is 23.2 Å². The zero-order valence-corrected chi connectivity index (χ0v) is 8.67. The molecule has 0 bridgehead atoms. The lowest BCUT2D eigenvalue weighted by molar-refractivity contribution is 0.428. The molecule has 0 aliphatic heterocycles. The molecule has 2 nitrogen and oxygen atoms in total. The molecule has 1 aromatic rings. The van der Waals surface area contributed by atoms with Gasteiger partial charge in [-0.25, -0.2) is 13.6 Å². The Kier molecular flexibility index (Phi) is 2.84. The molecule has 0 saturated heterocycles. The first-order valence-electron chi connectivity index (χ1n) is 5.22. The van der Waals surface area contributed by atoms with E-state index in [9.17, 15) is 13.6 Å². The first-order valence-corrected chi connectivity index (χ1v) is 5.22. The van der Waals surface area contributed by atoms with Gasteiger partial charge in [0.1, 0.15) is 17.2 Å². The number of carbonyl (C=O) groups excluding carboxylic acids is 1. The van der Waals surface area contributed by atoms with Crippen LogP contribution < -0.4 is 0 Å². The maximum Gasteiger partial charge on any atom is 0.235 e. The molecule has 1 aliphatic carbocycles. The van der Waals surface area contributed by atoms with Crippen LogP contribution in [0, 0.1) is 11.6 Å². The van der Waals surface area contributed by atoms with Crippen LogP contribution in [0.25, 0.3) is 0 Å². The number of rotatable bonds is 2. The molecule has 0 aromatic heterocycles. The molecule has 0 unspecified atom stereocenters. The number of aliphatic imine (C=N–C) groups is 1. The van der Waals surface area contributed by atoms with Crippen molar-refractivity contribution in [3.63, 3.8) is 0 Å². The average molecular weight is 223 g/mol. The molecule has 0 spiro atoms. The van der Waals surface area contributed by atoms with Gasteiger partial charge in [0.2, 0.25) is 6.08 Å². The fourth-order valence-electron chi connectivity index (χ4n) is 2.36. The van der Waals surface area contributed by atoms with Crippen LogP contribution in [-0.4, -0.2) is 6.08 Å². The Bertz CT molecular complexity index is 446. The van der Waals surface area contributed by atoms with Crippen molar-refractivity contribution in [3.05, 3.63) is 35.4 Å². The van der Waals surface area contributed by atoms with Crippen molar-refractivity contribution < 1.29 is 13.6 Å². The van der Waals surface area contributed by atoms with Crippen molar-refractivity contribution in [3.8, 4) is 0 Å². The normalized spacial score (nSPS) is 18.1. The summed E-state index contributed by atoms with van der Waals surface area (Å²) in [6.07, 6.45) is 4.52. The van der Waals surface area contributed by atoms with Crippen LogP contribution in [0.1, 0.15) is 31.2 Å². The Hall–Kier alpha value is -1.54. The van der Waals surface area contributed by atoms with Crippen LogP contribution in [-0.2, 0) is 10.3 Å². The van der Waals surface area contributed by atoms with E-state index in [4.69, 9.17) is 0 Å². The van der Waals surface area contributed by atoms with E-state index in [2.05, 4.69) is 4.99 Å². The molecule has 1 saturated carbocycles. The molecule has 1 aromatic carbocycles. The molecule has 1 fully saturated rings. The van der Waals surface area contributed by atoms with Gasteiger partial charge < -0.3 is 0 Å². The summed E-state index contributed by atoms with van der Waals surface area (Å²) in [6, 6.07) is 3.39. The minimum atomic E-state index is -0.820. The fraction of sp³-hybridized carbons (Fsp3) is 0.417. The maximum absolute atomic E-state index is 13.6. The quantitative estimate of drug-likeness (QED) is 0.559. The van der Waals surface area contributed by atoms with Gasteiger partial charge in [-0.2, -0.15) is 4.99 Å². The highest BCUT2D eigenvalue weighted by molar-refractivity contribution is 5.39. The monoisotopic (exact) mass is 223 g/mol. The highest BCUT2D eigenvalue weighted by atomic mass is 19.1. The molecule has 0 heterocycles. The number of halogens is 2. The van der Waals surface area contributed by atoms with E-state index in [1.807, 2.05) is 0 Å². The molecule has 1 aliphatic rings. The van der Waals surface area contributed by atoms with E-state index in [1.165, 1.54) is 18.2 Å². The van der Waals surface area contributed by atoms with E-state index in [0.717, 1.165) is 18.9 Å². The topological polar surface area (TPSA) is 29.4 Å². The zero-order valence-electron chi connectivity index (χ0n) is 8.67. The van der Waals surface area contributed by atoms with Gasteiger partial charge in [-0.05, 0) is 18.9 Å². The SMILES string of the molecule is O=C=NC1(c2ccc(F)cc2F)CCCC1. The van der Waals surface area contributed by atoms with Gasteiger partial charge in [-0.3, -0.25) is 0 Å². The highest BCUT2D eigenvalue weighted by Gasteiger charge is 2.37. The molecule has 4 heteroatoms. The summed E-state index contributed by atoms with van der Waals surface area (Å²) >= 11 is 0. The summed E-state index contributed by atoms with van der Waals surface area (Å²) in [7, 11) is 0. The number of benzene rings is 1. The van der Waals surface area contributed by atoms with Crippen LogP contribution >= 0.6 is 0 Å². The fourth-order valence-corrected chi connectivity index (χ4v) is 2.36. The summed E-state index contributed by atoms with van der Waals surface area (Å²) in [6.45, 7) is 0. The highest BCUT2D eigenvalue weighted by Crippen LogP contribution is 2.43. The van der Waals surface area contributed by atoms with Crippen molar-refractivity contribution >= 4 is 6.08 Å². The largest absolute Gasteiger partial charge is 0.235 e. The van der Waals surface area contributed by atoms with E-state index >= 15 is 0 Å². The number of nitrogens with zero attached hydrogens (tertiary/aromatic N) is 1. The first kappa shape index (κ1) is 11.0. The Morgan fingerprint density at radius 3 is 2.50 bits per heavy atom. The van der Waals surface area contributed by atoms with Gasteiger partial charge in [0.05, 0.1) is 0 Å². The van der Waals surface area contributed by atoms with Crippen molar-refractivity contribution in [2.75, 3.05) is 0 Å². The van der Waals surface area contributed by atoms with E-state index < -0.39 is 17.2 Å². The Morgan fingerprint density at radius 2 is 1.94 bits per heavy atom. The summed E-state index contributed by atoms with van der Waals surface area (Å²) in [5.41, 5.74) is -0.519. The zero-order chi connectivity index (χ0) is 11.6. The Labute approximate surface area is 92.0 Å². The third-order valence-corrected chi connectivity index (χ3v) is 3.12. The molecule has 0 radical (unpaired) electrons. The van der Waals surface area contributed by atoms with Gasteiger partial charge in [0, 0.05) is 11.6 Å². The van der Waals surface area contributed by atoms with Crippen molar-refractivity contribution in [1.82, 2.24) is 0 Å². The van der Waals surface area contributed by atoms with Crippen LogP contribution in [0.3, 0.4) is 0 Å². The number of hydrogen-bond donors (Lipinski definition) is 0. The van der Waals surface area contributed by atoms with Crippen molar-refractivity contribution in [2.45, 2.75) is 31.2 Å². The maximum atomic E-state index is 13.6. The molecule has 84 valence electrons. The summed E-state index contributed by atoms with van der Waals surface area (Å²) in [5, 5.41) is 0. The standard InChI is InChI=1S/C12H11F2NO/c13-9-3-4-10(11(14)7-9)12(15-8-16)5-1-2-6-12/h3-4,7H,1-2,5-6H2. The molecular weight excluding hydrogens is 212 g/mol. The lowest BCUT2D eigenvalue weighted by Crippen LogP contribution is -2.20. The second-order valence-electron chi connectivity index (χ2n) is 4.07. The summed E-state index contributed by atoms with van der Waals surface area (Å²) in [5.74, 6) is -1.26. The van der Waals surface area contributed by atoms with Crippen molar-refractivity contribution in [2.24, 2.45) is 4.99 Å². The third-order valence-electron chi connectivity index (χ3n) is 3.12. The van der Waals surface area contributed by atoms with Gasteiger partial charge in [0.15, 0.2) is 0 Å². The third kappa shape index (κ3) is 1.76. The molecule has 0 amide bonds. The van der Waals surface area contributed by atoms with Gasteiger partial charge in [0.25, 0.3) is 0 Å². The van der Waals surface area contributed by atoms with Crippen molar-refractivity contribution in [1.29, 1.82) is 0 Å². The minimum Gasteiger partial charge on any atom is -0.211 e.